The van der Waals surface area contributed by atoms with Crippen molar-refractivity contribution >= 4 is 24.6 Å². The largest absolute Gasteiger partial charge is 0.147 e. The number of halogens is 1. The van der Waals surface area contributed by atoms with Crippen LogP contribution in [0.5, 0.6) is 0 Å². The Balaban J connectivity index is 0.00000157. The molecule has 2 heteroatoms. The fourth-order valence-electron chi connectivity index (χ4n) is 4.70. The van der Waals surface area contributed by atoms with E-state index in [0.717, 1.165) is 7.25 Å². The van der Waals surface area contributed by atoms with Crippen LogP contribution in [0.3, 0.4) is 0 Å². The van der Waals surface area contributed by atoms with Gasteiger partial charge < -0.3 is 0 Å². The normalized spacial score (nSPS) is 22.5. The van der Waals surface area contributed by atoms with Gasteiger partial charge in [0.1, 0.15) is 0 Å². The Kier molecular flexibility index (Phi) is 4.67. The van der Waals surface area contributed by atoms with E-state index in [9.17, 15) is 0 Å². The molecule has 0 radical (unpaired) electrons. The van der Waals surface area contributed by atoms with Gasteiger partial charge in [0.05, 0.1) is 0 Å². The number of benzene rings is 2. The SMILES string of the molecule is CC1=Cc2ccccc2[CH]1[Zr][CH]1C(C)=Cc2cc3c(cc21)CCC3.Cl. The van der Waals surface area contributed by atoms with E-state index in [1.807, 2.05) is 0 Å². The third-order valence-electron chi connectivity index (χ3n) is 5.93. The summed E-state index contributed by atoms with van der Waals surface area (Å²) in [7, 11) is 0. The molecule has 0 aliphatic heterocycles. The minimum absolute atomic E-state index is 0. The quantitative estimate of drug-likeness (QED) is 0.529. The second-order valence-corrected chi connectivity index (χ2v) is 11.2. The summed E-state index contributed by atoms with van der Waals surface area (Å²) < 4.78 is 1.51. The second kappa shape index (κ2) is 6.68. The van der Waals surface area contributed by atoms with Crippen LogP contribution >= 0.6 is 12.4 Å². The molecule has 0 N–H and O–H groups in total. The fraction of sp³-hybridized carbons (Fsp3) is 0.304. The van der Waals surface area contributed by atoms with Crippen molar-refractivity contribution in [2.75, 3.05) is 0 Å². The summed E-state index contributed by atoms with van der Waals surface area (Å²) in [5, 5.41) is 0. The molecule has 2 atom stereocenters. The van der Waals surface area contributed by atoms with Gasteiger partial charge in [-0.3, -0.25) is 0 Å². The van der Waals surface area contributed by atoms with E-state index in [0.29, 0.717) is 0 Å². The van der Waals surface area contributed by atoms with Gasteiger partial charge >= 0.3 is 157 Å². The minimum atomic E-state index is -0.640. The third kappa shape index (κ3) is 2.85. The molecular formula is C23H23ClZr. The van der Waals surface area contributed by atoms with Gasteiger partial charge in [-0.25, -0.2) is 0 Å². The molecule has 2 aromatic carbocycles. The van der Waals surface area contributed by atoms with Crippen LogP contribution in [0.4, 0.5) is 0 Å². The van der Waals surface area contributed by atoms with E-state index in [1.54, 1.807) is 33.4 Å². The average Bonchev–Trinajstić information content (AvgIpc) is 3.23. The van der Waals surface area contributed by atoms with Crippen molar-refractivity contribution in [2.24, 2.45) is 0 Å². The van der Waals surface area contributed by atoms with E-state index < -0.39 is 23.2 Å². The van der Waals surface area contributed by atoms with Crippen molar-refractivity contribution in [3.8, 4) is 0 Å². The maximum atomic E-state index is 2.58. The molecule has 5 rings (SSSR count). The number of allylic oxidation sites excluding steroid dienone is 2. The van der Waals surface area contributed by atoms with Crippen LogP contribution in [0.25, 0.3) is 12.2 Å². The predicted molar refractivity (Wildman–Crippen MR) is 105 cm³/mol. The molecule has 126 valence electrons. The average molecular weight is 426 g/mol. The van der Waals surface area contributed by atoms with Crippen LogP contribution in [-0.4, -0.2) is 0 Å². The standard InChI is InChI=1S/C13H13.C10H9.ClH.Zr/c1-9-5-12-7-10-3-2-4-11(10)8-13(12)6-9;1-8-6-9-4-2-3-5-10(9)7-8;;/h5-8H,2-4H2,1H3;2-7H,1H3;1H;. The van der Waals surface area contributed by atoms with E-state index in [1.165, 1.54) is 30.4 Å². The van der Waals surface area contributed by atoms with Crippen LogP contribution in [0.1, 0.15) is 60.9 Å². The molecular weight excluding hydrogens is 403 g/mol. The Morgan fingerprint density at radius 1 is 0.800 bits per heavy atom. The van der Waals surface area contributed by atoms with Gasteiger partial charge in [-0.15, -0.1) is 12.4 Å². The van der Waals surface area contributed by atoms with Gasteiger partial charge in [-0.2, -0.15) is 0 Å². The Labute approximate surface area is 168 Å². The molecule has 0 saturated carbocycles. The zero-order valence-electron chi connectivity index (χ0n) is 14.8. The fourth-order valence-corrected chi connectivity index (χ4v) is 9.36. The third-order valence-corrected chi connectivity index (χ3v) is 11.3. The maximum absolute atomic E-state index is 2.58. The van der Waals surface area contributed by atoms with Crippen molar-refractivity contribution in [3.05, 3.63) is 80.9 Å². The number of aryl methyl sites for hydroxylation is 2. The van der Waals surface area contributed by atoms with Crippen molar-refractivity contribution in [1.82, 2.24) is 0 Å². The van der Waals surface area contributed by atoms with E-state index in [4.69, 9.17) is 0 Å². The van der Waals surface area contributed by atoms with Crippen molar-refractivity contribution < 1.29 is 23.2 Å². The number of fused-ring (bicyclic) bond motifs is 3. The summed E-state index contributed by atoms with van der Waals surface area (Å²) in [4.78, 5) is 0. The summed E-state index contributed by atoms with van der Waals surface area (Å²) in [5.74, 6) is 0. The first-order valence-corrected chi connectivity index (χ1v) is 11.9. The first-order chi connectivity index (χ1) is 11.7. The second-order valence-electron chi connectivity index (χ2n) is 7.54. The Bertz CT molecular complexity index is 906. The van der Waals surface area contributed by atoms with Gasteiger partial charge in [-0.1, -0.05) is 0 Å². The monoisotopic (exact) mass is 424 g/mol. The van der Waals surface area contributed by atoms with Crippen LogP contribution in [0, 0.1) is 0 Å². The molecule has 0 aromatic heterocycles. The van der Waals surface area contributed by atoms with Gasteiger partial charge in [0.2, 0.25) is 0 Å². The summed E-state index contributed by atoms with van der Waals surface area (Å²) in [6.45, 7) is 4.72. The van der Waals surface area contributed by atoms with E-state index in [-0.39, 0.29) is 12.4 Å². The van der Waals surface area contributed by atoms with Crippen LogP contribution in [0.15, 0.2) is 47.5 Å². The molecule has 0 amide bonds. The van der Waals surface area contributed by atoms with Crippen LogP contribution in [0.2, 0.25) is 0 Å². The van der Waals surface area contributed by atoms with E-state index >= 15 is 0 Å². The zero-order chi connectivity index (χ0) is 16.3. The molecule has 2 aromatic rings. The summed E-state index contributed by atoms with van der Waals surface area (Å²) in [6.07, 6.45) is 8.85. The summed E-state index contributed by atoms with van der Waals surface area (Å²) in [5.41, 5.74) is 12.7. The molecule has 0 nitrogen and oxygen atoms in total. The first-order valence-electron chi connectivity index (χ1n) is 9.08. The van der Waals surface area contributed by atoms with Gasteiger partial charge in [-0.05, 0) is 0 Å². The van der Waals surface area contributed by atoms with Gasteiger partial charge in [0, 0.05) is 0 Å². The Morgan fingerprint density at radius 3 is 2.24 bits per heavy atom. The molecule has 0 saturated heterocycles. The van der Waals surface area contributed by atoms with Gasteiger partial charge in [0.25, 0.3) is 0 Å². The van der Waals surface area contributed by atoms with Gasteiger partial charge in [0.15, 0.2) is 0 Å². The predicted octanol–water partition coefficient (Wildman–Crippen LogP) is 6.30. The zero-order valence-corrected chi connectivity index (χ0v) is 18.1. The number of hydrogen-bond acceptors (Lipinski definition) is 0. The van der Waals surface area contributed by atoms with Crippen molar-refractivity contribution in [2.45, 2.75) is 40.4 Å². The molecule has 2 unspecified atom stereocenters. The topological polar surface area (TPSA) is 0 Å². The molecule has 25 heavy (non-hydrogen) atoms. The molecule has 0 fully saturated rings. The van der Waals surface area contributed by atoms with Crippen LogP contribution in [-0.2, 0) is 36.1 Å². The smallest absolute Gasteiger partial charge is 0.147 e. The number of hydrogen-bond donors (Lipinski definition) is 0. The summed E-state index contributed by atoms with van der Waals surface area (Å²) >= 11 is -0.640. The molecule has 0 spiro atoms. The molecule has 3 aliphatic rings. The maximum Gasteiger partial charge on any atom is -0.147 e. The molecule has 3 aliphatic carbocycles. The molecule has 0 bridgehead atoms. The van der Waals surface area contributed by atoms with Crippen LogP contribution < -0.4 is 0 Å². The number of rotatable bonds is 2. The van der Waals surface area contributed by atoms with E-state index in [2.05, 4.69) is 62.4 Å². The first kappa shape index (κ1) is 17.5. The summed E-state index contributed by atoms with van der Waals surface area (Å²) in [6, 6.07) is 14.1. The Hall–Kier alpha value is -0.907. The van der Waals surface area contributed by atoms with Crippen molar-refractivity contribution in [1.29, 1.82) is 0 Å². The Morgan fingerprint density at radius 2 is 1.44 bits per heavy atom. The van der Waals surface area contributed by atoms with Crippen molar-refractivity contribution in [3.63, 3.8) is 0 Å². The molecule has 0 heterocycles. The minimum Gasteiger partial charge on any atom is -0.147 e.